The number of H-pyrrole nitrogens is 2. The summed E-state index contributed by atoms with van der Waals surface area (Å²) in [5.41, 5.74) is 8.88. The number of aromatic amines is 2. The fourth-order valence-corrected chi connectivity index (χ4v) is 10.3. The Morgan fingerprint density at radius 2 is 1.23 bits per heavy atom. The lowest BCUT2D eigenvalue weighted by Gasteiger charge is -2.46. The van der Waals surface area contributed by atoms with Crippen LogP contribution in [0.25, 0.3) is 11.1 Å². The fourth-order valence-electron chi connectivity index (χ4n) is 9.82. The maximum atomic E-state index is 11.5. The minimum Gasteiger partial charge on any atom is -0.507 e. The van der Waals surface area contributed by atoms with Gasteiger partial charge in [-0.2, -0.15) is 10.2 Å². The number of aryl methyl sites for hydroxylation is 2. The molecule has 0 unspecified atom stereocenters. The molecule has 6 N–H and O–H groups in total. The van der Waals surface area contributed by atoms with Gasteiger partial charge in [-0.3, -0.25) is 10.2 Å². The first-order chi connectivity index (χ1) is 28.6. The van der Waals surface area contributed by atoms with Crippen molar-refractivity contribution in [3.63, 3.8) is 0 Å². The zero-order chi connectivity index (χ0) is 43.4. The third kappa shape index (κ3) is 9.87. The Balaban J connectivity index is 0.000000171. The number of allylic oxidation sites excluding steroid dienone is 4. The van der Waals surface area contributed by atoms with Crippen LogP contribution in [0.3, 0.4) is 0 Å². The SMILES string of the molecule is CCCCCc1cc2c(c(O)c1-c1cn[nH]c1)[C@@H]1C=C(C)CC[C@H]1C(C)(C)O2.CCCCCc1cc2c(c(O)c1Br)[C@@H]1C=C(C)CC[C@H]1C(C)(C)O2.OB(O)c1cn[nH]c1. The van der Waals surface area contributed by atoms with E-state index in [1.165, 1.54) is 49.2 Å². The molecule has 0 amide bonds. The van der Waals surface area contributed by atoms with Crippen molar-refractivity contribution in [2.75, 3.05) is 0 Å². The molecule has 0 saturated carbocycles. The molecule has 12 heteroatoms. The van der Waals surface area contributed by atoms with Gasteiger partial charge < -0.3 is 29.7 Å². The molecule has 60 heavy (non-hydrogen) atoms. The second kappa shape index (κ2) is 19.4. The third-order valence-corrected chi connectivity index (χ3v) is 14.0. The van der Waals surface area contributed by atoms with Gasteiger partial charge in [0.2, 0.25) is 0 Å². The number of benzene rings is 2. The van der Waals surface area contributed by atoms with E-state index in [-0.39, 0.29) is 23.0 Å². The second-order valence-electron chi connectivity index (χ2n) is 18.4. The van der Waals surface area contributed by atoms with Crippen LogP contribution in [0, 0.1) is 11.8 Å². The molecule has 0 spiro atoms. The van der Waals surface area contributed by atoms with Crippen LogP contribution in [0.4, 0.5) is 0 Å². The Morgan fingerprint density at radius 3 is 1.70 bits per heavy atom. The van der Waals surface area contributed by atoms with E-state index in [2.05, 4.69) is 116 Å². The molecule has 4 atom stereocenters. The number of phenols is 2. The first-order valence-corrected chi connectivity index (χ1v) is 22.9. The highest BCUT2D eigenvalue weighted by molar-refractivity contribution is 9.10. The number of fused-ring (bicyclic) bond motifs is 6. The van der Waals surface area contributed by atoms with Crippen LogP contribution in [0.15, 0.2) is 64.7 Å². The molecule has 2 aromatic heterocycles. The van der Waals surface area contributed by atoms with Crippen molar-refractivity contribution >= 4 is 28.5 Å². The third-order valence-electron chi connectivity index (χ3n) is 13.1. The minimum atomic E-state index is -1.41. The molecule has 2 aliphatic carbocycles. The van der Waals surface area contributed by atoms with E-state index in [9.17, 15) is 10.2 Å². The van der Waals surface area contributed by atoms with Gasteiger partial charge in [-0.1, -0.05) is 62.8 Å². The van der Waals surface area contributed by atoms with Gasteiger partial charge in [-0.05, 0) is 132 Å². The molecule has 0 radical (unpaired) electrons. The van der Waals surface area contributed by atoms with Gasteiger partial charge >= 0.3 is 7.12 Å². The maximum Gasteiger partial charge on any atom is 0.491 e. The average molecular weight is 886 g/mol. The first-order valence-electron chi connectivity index (χ1n) is 22.1. The van der Waals surface area contributed by atoms with Gasteiger partial charge in [-0.25, -0.2) is 0 Å². The number of rotatable bonds is 10. The van der Waals surface area contributed by atoms with Crippen molar-refractivity contribution in [1.82, 2.24) is 20.4 Å². The summed E-state index contributed by atoms with van der Waals surface area (Å²) in [6.07, 6.45) is 24.5. The summed E-state index contributed by atoms with van der Waals surface area (Å²) in [6.45, 7) is 17.6. The van der Waals surface area contributed by atoms with Crippen LogP contribution < -0.4 is 14.9 Å². The zero-order valence-electron chi connectivity index (χ0n) is 36.9. The molecule has 8 rings (SSSR count). The molecule has 0 bridgehead atoms. The Kier molecular flexibility index (Phi) is 14.7. The number of hydrogen-bond acceptors (Lipinski definition) is 8. The Morgan fingerprint density at radius 1 is 0.733 bits per heavy atom. The van der Waals surface area contributed by atoms with Crippen LogP contribution >= 0.6 is 15.9 Å². The summed E-state index contributed by atoms with van der Waals surface area (Å²) in [7, 11) is -1.41. The van der Waals surface area contributed by atoms with Crippen LogP contribution in [-0.4, -0.2) is 59.0 Å². The standard InChI is InChI=1S/C24H32N2O2.C21H29BrO2.C3H5BN2O2/c1-5-6-7-8-16-12-20-22(23(27)21(16)17-13-25-26-14-17)18-11-15(2)9-10-19(18)24(3,4)28-20;1-5-6-7-8-14-12-17-18(20(23)19(14)22)15-11-13(2)9-10-16(15)21(3,4)24-17;7-4(8)3-1-5-6-2-3/h11-14,18-19,27H,5-10H2,1-4H3,(H,25,26);11-12,15-16,23H,5-10H2,1-4H3;1-2,7-8H,(H,5,6)/t18-,19-;15-,16-;/m11./s1. The van der Waals surface area contributed by atoms with Crippen LogP contribution in [-0.2, 0) is 12.8 Å². The summed E-state index contributed by atoms with van der Waals surface area (Å²) in [6, 6.07) is 4.34. The largest absolute Gasteiger partial charge is 0.507 e. The lowest BCUT2D eigenvalue weighted by Crippen LogP contribution is -2.45. The molecular formula is C48H66BBrN4O6. The van der Waals surface area contributed by atoms with Crippen molar-refractivity contribution in [2.24, 2.45) is 11.8 Å². The van der Waals surface area contributed by atoms with E-state index in [0.29, 0.717) is 28.8 Å². The minimum absolute atomic E-state index is 0.197. The number of unbranched alkanes of at least 4 members (excludes halogenated alkanes) is 4. The van der Waals surface area contributed by atoms with Gasteiger partial charge in [0, 0.05) is 70.0 Å². The Hall–Kier alpha value is -4.00. The molecule has 4 aliphatic rings. The van der Waals surface area contributed by atoms with E-state index in [4.69, 9.17) is 19.5 Å². The molecule has 0 fully saturated rings. The monoisotopic (exact) mass is 884 g/mol. The first kappa shape index (κ1) is 45.5. The van der Waals surface area contributed by atoms with E-state index < -0.39 is 7.12 Å². The Labute approximate surface area is 365 Å². The van der Waals surface area contributed by atoms with Gasteiger partial charge in [-0.15, -0.1) is 0 Å². The topological polar surface area (TPSA) is 157 Å². The smallest absolute Gasteiger partial charge is 0.491 e. The average Bonchev–Trinajstić information content (AvgIpc) is 3.93. The zero-order valence-corrected chi connectivity index (χ0v) is 38.5. The van der Waals surface area contributed by atoms with Gasteiger partial charge in [0.1, 0.15) is 34.2 Å². The molecule has 0 saturated heterocycles. The fraction of sp³-hybridized carbons (Fsp3) is 0.542. The number of nitrogens with zero attached hydrogens (tertiary/aromatic N) is 2. The maximum absolute atomic E-state index is 11.5. The number of ether oxygens (including phenoxy) is 2. The predicted molar refractivity (Wildman–Crippen MR) is 244 cm³/mol. The highest BCUT2D eigenvalue weighted by Crippen LogP contribution is 2.57. The molecule has 324 valence electrons. The van der Waals surface area contributed by atoms with Crippen molar-refractivity contribution in [1.29, 1.82) is 0 Å². The van der Waals surface area contributed by atoms with Gasteiger partial charge in [0.25, 0.3) is 0 Å². The number of hydrogen-bond donors (Lipinski definition) is 6. The van der Waals surface area contributed by atoms with Crippen molar-refractivity contribution < 1.29 is 29.7 Å². The van der Waals surface area contributed by atoms with Gasteiger partial charge in [0.15, 0.2) is 0 Å². The lowest BCUT2D eigenvalue weighted by molar-refractivity contribution is 0.0103. The summed E-state index contributed by atoms with van der Waals surface area (Å²) in [4.78, 5) is 0. The molecule has 10 nitrogen and oxygen atoms in total. The normalized spacial score (nSPS) is 21.7. The predicted octanol–water partition coefficient (Wildman–Crippen LogP) is 10.7. The van der Waals surface area contributed by atoms with Gasteiger partial charge in [0.05, 0.1) is 10.7 Å². The summed E-state index contributed by atoms with van der Waals surface area (Å²) >= 11 is 3.65. The van der Waals surface area contributed by atoms with Crippen LogP contribution in [0.1, 0.15) is 154 Å². The molecule has 4 heterocycles. The Bertz CT molecular complexity index is 2130. The number of phenolic OH excluding ortho intramolecular Hbond substituents is 2. The summed E-state index contributed by atoms with van der Waals surface area (Å²) in [5.74, 6) is 3.72. The number of aromatic nitrogens is 4. The van der Waals surface area contributed by atoms with E-state index in [1.807, 2.05) is 6.20 Å². The molecule has 2 aromatic carbocycles. The second-order valence-corrected chi connectivity index (χ2v) is 19.2. The quantitative estimate of drug-likeness (QED) is 0.0522. The number of aromatic hydroxyl groups is 2. The van der Waals surface area contributed by atoms with Crippen molar-refractivity contribution in [3.05, 3.63) is 86.9 Å². The van der Waals surface area contributed by atoms with E-state index >= 15 is 0 Å². The highest BCUT2D eigenvalue weighted by Gasteiger charge is 2.47. The molecule has 4 aromatic rings. The number of nitrogens with one attached hydrogen (secondary N) is 2. The van der Waals surface area contributed by atoms with Crippen LogP contribution in [0.2, 0.25) is 0 Å². The lowest BCUT2D eigenvalue weighted by atomic mass is 9.67. The summed E-state index contributed by atoms with van der Waals surface area (Å²) < 4.78 is 13.8. The molecular weight excluding hydrogens is 819 g/mol. The van der Waals surface area contributed by atoms with E-state index in [0.717, 1.165) is 101 Å². The summed E-state index contributed by atoms with van der Waals surface area (Å²) in [5, 5.41) is 52.2. The number of halogens is 1. The van der Waals surface area contributed by atoms with E-state index in [1.54, 1.807) is 6.20 Å². The molecule has 2 aliphatic heterocycles. The van der Waals surface area contributed by atoms with Crippen LogP contribution in [0.5, 0.6) is 23.0 Å². The highest BCUT2D eigenvalue weighted by atomic mass is 79.9. The van der Waals surface area contributed by atoms with Crippen molar-refractivity contribution in [2.45, 2.75) is 155 Å². The van der Waals surface area contributed by atoms with Crippen molar-refractivity contribution in [3.8, 4) is 34.1 Å².